The fourth-order valence-corrected chi connectivity index (χ4v) is 3.21. The van der Waals surface area contributed by atoms with Crippen molar-refractivity contribution in [1.82, 2.24) is 19.7 Å². The molecule has 6 nitrogen and oxygen atoms in total. The van der Waals surface area contributed by atoms with Gasteiger partial charge in [-0.3, -0.25) is 4.90 Å². The Morgan fingerprint density at radius 1 is 1.21 bits per heavy atom. The summed E-state index contributed by atoms with van der Waals surface area (Å²) in [6.07, 6.45) is 0.897. The molecule has 2 heterocycles. The predicted octanol–water partition coefficient (Wildman–Crippen LogP) is 2.27. The molecule has 0 spiro atoms. The highest BCUT2D eigenvalue weighted by atomic mass is 16.5. The van der Waals surface area contributed by atoms with Crippen molar-refractivity contribution in [3.63, 3.8) is 0 Å². The lowest BCUT2D eigenvalue weighted by Gasteiger charge is -2.27. The molecule has 1 aliphatic rings. The van der Waals surface area contributed by atoms with E-state index in [-0.39, 0.29) is 0 Å². The molecule has 0 saturated heterocycles. The molecular weight excluding hydrogens is 304 g/mol. The number of benzene rings is 1. The van der Waals surface area contributed by atoms with Crippen molar-refractivity contribution < 1.29 is 9.47 Å². The van der Waals surface area contributed by atoms with Crippen LogP contribution in [-0.2, 0) is 30.9 Å². The SMILES string of the molecule is CCOCc1nnc2n1CCN(Cc1ccccc1OC)C(C)C2. The Balaban J connectivity index is 1.73. The van der Waals surface area contributed by atoms with Gasteiger partial charge >= 0.3 is 0 Å². The first-order valence-corrected chi connectivity index (χ1v) is 8.57. The Morgan fingerprint density at radius 3 is 2.83 bits per heavy atom. The summed E-state index contributed by atoms with van der Waals surface area (Å²) < 4.78 is 13.2. The van der Waals surface area contributed by atoms with Crippen molar-refractivity contribution >= 4 is 0 Å². The van der Waals surface area contributed by atoms with E-state index in [0.29, 0.717) is 19.3 Å². The van der Waals surface area contributed by atoms with Crippen molar-refractivity contribution in [3.8, 4) is 5.75 Å². The number of rotatable bonds is 6. The first kappa shape index (κ1) is 16.9. The van der Waals surface area contributed by atoms with E-state index in [1.807, 2.05) is 19.1 Å². The highest BCUT2D eigenvalue weighted by Crippen LogP contribution is 2.23. The molecule has 130 valence electrons. The fraction of sp³-hybridized carbons (Fsp3) is 0.556. The van der Waals surface area contributed by atoms with Crippen molar-refractivity contribution in [2.75, 3.05) is 20.3 Å². The molecule has 0 bridgehead atoms. The number of ether oxygens (including phenoxy) is 2. The number of aromatic nitrogens is 3. The van der Waals surface area contributed by atoms with Gasteiger partial charge in [-0.25, -0.2) is 0 Å². The molecule has 0 N–H and O–H groups in total. The number of para-hydroxylation sites is 1. The van der Waals surface area contributed by atoms with E-state index in [1.54, 1.807) is 7.11 Å². The third kappa shape index (κ3) is 3.60. The summed E-state index contributed by atoms with van der Waals surface area (Å²) in [5.41, 5.74) is 1.22. The lowest BCUT2D eigenvalue weighted by Crippen LogP contribution is -2.34. The zero-order chi connectivity index (χ0) is 16.9. The second-order valence-corrected chi connectivity index (χ2v) is 6.16. The van der Waals surface area contributed by atoms with Crippen LogP contribution in [0.3, 0.4) is 0 Å². The van der Waals surface area contributed by atoms with Crippen LogP contribution in [0.25, 0.3) is 0 Å². The van der Waals surface area contributed by atoms with Crippen LogP contribution in [-0.4, -0.2) is 46.0 Å². The molecule has 0 aliphatic carbocycles. The summed E-state index contributed by atoms with van der Waals surface area (Å²) in [5, 5.41) is 8.67. The van der Waals surface area contributed by atoms with Crippen LogP contribution in [0.4, 0.5) is 0 Å². The molecule has 1 aromatic heterocycles. The summed E-state index contributed by atoms with van der Waals surface area (Å²) >= 11 is 0. The minimum Gasteiger partial charge on any atom is -0.496 e. The molecule has 24 heavy (non-hydrogen) atoms. The van der Waals surface area contributed by atoms with Crippen LogP contribution in [0.1, 0.15) is 31.1 Å². The summed E-state index contributed by atoms with van der Waals surface area (Å²) in [7, 11) is 1.73. The molecule has 0 fully saturated rings. The number of fused-ring (bicyclic) bond motifs is 1. The highest BCUT2D eigenvalue weighted by molar-refractivity contribution is 5.33. The molecule has 1 aromatic carbocycles. The fourth-order valence-electron chi connectivity index (χ4n) is 3.21. The van der Waals surface area contributed by atoms with Crippen LogP contribution in [0.2, 0.25) is 0 Å². The van der Waals surface area contributed by atoms with E-state index in [4.69, 9.17) is 9.47 Å². The molecule has 6 heteroatoms. The Morgan fingerprint density at radius 2 is 2.04 bits per heavy atom. The second kappa shape index (κ2) is 7.77. The standard InChI is InChI=1S/C18H26N4O2/c1-4-24-13-18-20-19-17-11-14(2)21(9-10-22(17)18)12-15-7-5-6-8-16(15)23-3/h5-8,14H,4,9-13H2,1-3H3. The van der Waals surface area contributed by atoms with E-state index < -0.39 is 0 Å². The summed E-state index contributed by atoms with van der Waals surface area (Å²) in [6, 6.07) is 8.63. The third-order valence-electron chi connectivity index (χ3n) is 4.62. The monoisotopic (exact) mass is 330 g/mol. The first-order chi connectivity index (χ1) is 11.7. The van der Waals surface area contributed by atoms with Gasteiger partial charge in [0.15, 0.2) is 5.82 Å². The van der Waals surface area contributed by atoms with E-state index in [2.05, 4.69) is 38.7 Å². The van der Waals surface area contributed by atoms with E-state index in [0.717, 1.165) is 43.5 Å². The summed E-state index contributed by atoms with van der Waals surface area (Å²) in [6.45, 7) is 8.21. The lowest BCUT2D eigenvalue weighted by molar-refractivity contribution is 0.124. The molecule has 1 aliphatic heterocycles. The maximum Gasteiger partial charge on any atom is 0.159 e. The average Bonchev–Trinajstić information content (AvgIpc) is 2.90. The molecule has 1 atom stereocenters. The minimum absolute atomic E-state index is 0.403. The zero-order valence-corrected chi connectivity index (χ0v) is 14.7. The van der Waals surface area contributed by atoms with Crippen LogP contribution in [0.15, 0.2) is 24.3 Å². The van der Waals surface area contributed by atoms with Crippen LogP contribution in [0.5, 0.6) is 5.75 Å². The van der Waals surface area contributed by atoms with Gasteiger partial charge in [-0.1, -0.05) is 18.2 Å². The van der Waals surface area contributed by atoms with Gasteiger partial charge in [-0.2, -0.15) is 0 Å². The van der Waals surface area contributed by atoms with Gasteiger partial charge in [0, 0.05) is 44.3 Å². The van der Waals surface area contributed by atoms with E-state index in [9.17, 15) is 0 Å². The van der Waals surface area contributed by atoms with Crippen LogP contribution < -0.4 is 4.74 Å². The number of hydrogen-bond acceptors (Lipinski definition) is 5. The molecular formula is C18H26N4O2. The minimum atomic E-state index is 0.403. The van der Waals surface area contributed by atoms with Crippen molar-refractivity contribution in [3.05, 3.63) is 41.5 Å². The lowest BCUT2D eigenvalue weighted by atomic mass is 10.1. The van der Waals surface area contributed by atoms with Gasteiger partial charge in [-0.05, 0) is 19.9 Å². The largest absolute Gasteiger partial charge is 0.496 e. The van der Waals surface area contributed by atoms with Crippen LogP contribution in [0, 0.1) is 0 Å². The molecule has 3 rings (SSSR count). The molecule has 0 radical (unpaired) electrons. The molecule has 1 unspecified atom stereocenters. The van der Waals surface area contributed by atoms with Crippen molar-refractivity contribution in [1.29, 1.82) is 0 Å². The quantitative estimate of drug-likeness (QED) is 0.813. The molecule has 0 saturated carbocycles. The Hall–Kier alpha value is -1.92. The number of hydrogen-bond donors (Lipinski definition) is 0. The third-order valence-corrected chi connectivity index (χ3v) is 4.62. The van der Waals surface area contributed by atoms with Gasteiger partial charge in [0.25, 0.3) is 0 Å². The first-order valence-electron chi connectivity index (χ1n) is 8.57. The normalized spacial score (nSPS) is 18.2. The molecule has 0 amide bonds. The Labute approximate surface area is 143 Å². The summed E-state index contributed by atoms with van der Waals surface area (Å²) in [4.78, 5) is 2.48. The summed E-state index contributed by atoms with van der Waals surface area (Å²) in [5.74, 6) is 2.93. The van der Waals surface area contributed by atoms with Gasteiger partial charge < -0.3 is 14.0 Å². The number of methoxy groups -OCH3 is 1. The van der Waals surface area contributed by atoms with E-state index in [1.165, 1.54) is 5.56 Å². The smallest absolute Gasteiger partial charge is 0.159 e. The van der Waals surface area contributed by atoms with Gasteiger partial charge in [-0.15, -0.1) is 10.2 Å². The maximum absolute atomic E-state index is 5.51. The zero-order valence-electron chi connectivity index (χ0n) is 14.7. The van der Waals surface area contributed by atoms with Crippen molar-refractivity contribution in [2.45, 2.75) is 46.0 Å². The van der Waals surface area contributed by atoms with Gasteiger partial charge in [0.05, 0.1) is 7.11 Å². The maximum atomic E-state index is 5.51. The highest BCUT2D eigenvalue weighted by Gasteiger charge is 2.24. The topological polar surface area (TPSA) is 52.4 Å². The number of nitrogens with zero attached hydrogens (tertiary/aromatic N) is 4. The van der Waals surface area contributed by atoms with Crippen LogP contribution >= 0.6 is 0 Å². The Kier molecular flexibility index (Phi) is 5.48. The van der Waals surface area contributed by atoms with Gasteiger partial charge in [0.2, 0.25) is 0 Å². The second-order valence-electron chi connectivity index (χ2n) is 6.16. The Bertz CT molecular complexity index is 671. The predicted molar refractivity (Wildman–Crippen MR) is 91.9 cm³/mol. The molecule has 2 aromatic rings. The average molecular weight is 330 g/mol. The van der Waals surface area contributed by atoms with Gasteiger partial charge in [0.1, 0.15) is 18.2 Å². The van der Waals surface area contributed by atoms with Crippen molar-refractivity contribution in [2.24, 2.45) is 0 Å². The van der Waals surface area contributed by atoms with E-state index >= 15 is 0 Å².